The molecule has 0 bridgehead atoms. The third-order valence-electron chi connectivity index (χ3n) is 3.79. The lowest BCUT2D eigenvalue weighted by atomic mass is 10.0. The Morgan fingerprint density at radius 2 is 2.24 bits per heavy atom. The molecule has 2 heterocycles. The van der Waals surface area contributed by atoms with Gasteiger partial charge in [-0.15, -0.1) is 0 Å². The zero-order chi connectivity index (χ0) is 15.4. The summed E-state index contributed by atoms with van der Waals surface area (Å²) in [5, 5.41) is 19.6. The van der Waals surface area contributed by atoms with Crippen LogP contribution in [0.4, 0.5) is 0 Å². The zero-order valence-electron chi connectivity index (χ0n) is 12.6. The fourth-order valence-electron chi connectivity index (χ4n) is 2.62. The van der Waals surface area contributed by atoms with E-state index in [0.29, 0.717) is 37.4 Å². The number of aromatic nitrogens is 1. The summed E-state index contributed by atoms with van der Waals surface area (Å²) in [4.78, 5) is 14.3. The molecular formula is C15H21N3O3. The van der Waals surface area contributed by atoms with Crippen molar-refractivity contribution in [2.75, 3.05) is 19.9 Å². The lowest BCUT2D eigenvalue weighted by Gasteiger charge is -2.28. The van der Waals surface area contributed by atoms with Crippen LogP contribution in [0.15, 0.2) is 4.79 Å². The van der Waals surface area contributed by atoms with Crippen molar-refractivity contribution in [2.45, 2.75) is 39.8 Å². The maximum absolute atomic E-state index is 12.2. The van der Waals surface area contributed by atoms with Crippen LogP contribution < -0.4 is 5.56 Å². The Labute approximate surface area is 124 Å². The van der Waals surface area contributed by atoms with Crippen molar-refractivity contribution in [3.63, 3.8) is 0 Å². The fourth-order valence-corrected chi connectivity index (χ4v) is 2.62. The van der Waals surface area contributed by atoms with Crippen LogP contribution in [0.25, 0.3) is 0 Å². The van der Waals surface area contributed by atoms with Gasteiger partial charge in [-0.1, -0.05) is 6.92 Å². The highest BCUT2D eigenvalue weighted by molar-refractivity contribution is 5.45. The summed E-state index contributed by atoms with van der Waals surface area (Å²) < 4.78 is 6.70. The number of pyridine rings is 1. The molecule has 21 heavy (non-hydrogen) atoms. The highest BCUT2D eigenvalue weighted by Crippen LogP contribution is 2.24. The topological polar surface area (TPSA) is 78.5 Å². The van der Waals surface area contributed by atoms with Crippen molar-refractivity contribution in [3.05, 3.63) is 27.0 Å². The van der Waals surface area contributed by atoms with Gasteiger partial charge in [0.05, 0.1) is 6.73 Å². The van der Waals surface area contributed by atoms with Gasteiger partial charge in [0, 0.05) is 31.8 Å². The first kappa shape index (κ1) is 15.5. The predicted molar refractivity (Wildman–Crippen MR) is 78.0 cm³/mol. The van der Waals surface area contributed by atoms with Gasteiger partial charge in [0.25, 0.3) is 5.56 Å². The number of ether oxygens (including phenoxy) is 1. The van der Waals surface area contributed by atoms with Crippen molar-refractivity contribution in [1.29, 1.82) is 5.26 Å². The van der Waals surface area contributed by atoms with E-state index in [1.807, 2.05) is 13.0 Å². The quantitative estimate of drug-likeness (QED) is 0.905. The molecule has 6 nitrogen and oxygen atoms in total. The van der Waals surface area contributed by atoms with Crippen LogP contribution in [-0.2, 0) is 17.8 Å². The maximum atomic E-state index is 12.2. The molecule has 1 aromatic rings. The molecule has 0 atom stereocenters. The third kappa shape index (κ3) is 3.09. The van der Waals surface area contributed by atoms with Crippen LogP contribution in [0.5, 0.6) is 5.88 Å². The average molecular weight is 291 g/mol. The largest absolute Gasteiger partial charge is 0.494 e. The molecule has 0 aromatic carbocycles. The number of hydrogen-bond acceptors (Lipinski definition) is 5. The van der Waals surface area contributed by atoms with E-state index in [9.17, 15) is 15.2 Å². The van der Waals surface area contributed by atoms with Crippen LogP contribution in [0.2, 0.25) is 0 Å². The van der Waals surface area contributed by atoms with Crippen LogP contribution >= 0.6 is 0 Å². The third-order valence-corrected chi connectivity index (χ3v) is 3.79. The fraction of sp³-hybridized carbons (Fsp3) is 0.600. The monoisotopic (exact) mass is 291 g/mol. The van der Waals surface area contributed by atoms with Crippen LogP contribution in [-0.4, -0.2) is 34.5 Å². The molecule has 1 aliphatic rings. The molecule has 6 heteroatoms. The van der Waals surface area contributed by atoms with Crippen molar-refractivity contribution in [2.24, 2.45) is 0 Å². The standard InChI is InChI=1S/C15H21N3O3/c1-3-5-18-14(19)12(8-16)11(2)13(15(18)20)9-17-6-4-7-21-10-17/h20H,3-7,9-10H2,1-2H3. The molecular weight excluding hydrogens is 270 g/mol. The molecule has 1 saturated heterocycles. The van der Waals surface area contributed by atoms with E-state index in [0.717, 1.165) is 19.6 Å². The van der Waals surface area contributed by atoms with Crippen LogP contribution in [0.3, 0.4) is 0 Å². The second-order valence-electron chi connectivity index (χ2n) is 5.31. The summed E-state index contributed by atoms with van der Waals surface area (Å²) in [5.74, 6) is -0.0241. The molecule has 1 aliphatic heterocycles. The SMILES string of the molecule is CCCn1c(O)c(CN2CCCOC2)c(C)c(C#N)c1=O. The van der Waals surface area contributed by atoms with Gasteiger partial charge in [0.1, 0.15) is 11.6 Å². The highest BCUT2D eigenvalue weighted by atomic mass is 16.5. The molecule has 0 saturated carbocycles. The molecule has 0 spiro atoms. The Hall–Kier alpha value is -1.84. The van der Waals surface area contributed by atoms with Crippen molar-refractivity contribution < 1.29 is 9.84 Å². The number of nitrogens with zero attached hydrogens (tertiary/aromatic N) is 3. The summed E-state index contributed by atoms with van der Waals surface area (Å²) in [7, 11) is 0. The predicted octanol–water partition coefficient (Wildman–Crippen LogP) is 1.32. The minimum Gasteiger partial charge on any atom is -0.494 e. The van der Waals surface area contributed by atoms with Crippen molar-refractivity contribution in [1.82, 2.24) is 9.47 Å². The number of nitriles is 1. The van der Waals surface area contributed by atoms with Gasteiger partial charge < -0.3 is 9.84 Å². The molecule has 114 valence electrons. The number of aromatic hydroxyl groups is 1. The average Bonchev–Trinajstić information content (AvgIpc) is 2.50. The minimum atomic E-state index is -0.409. The summed E-state index contributed by atoms with van der Waals surface area (Å²) in [6.07, 6.45) is 1.66. The van der Waals surface area contributed by atoms with E-state index in [1.165, 1.54) is 4.57 Å². The van der Waals surface area contributed by atoms with E-state index < -0.39 is 5.56 Å². The molecule has 0 radical (unpaired) electrons. The molecule has 2 rings (SSSR count). The first-order chi connectivity index (χ1) is 10.1. The van der Waals surface area contributed by atoms with Gasteiger partial charge in [0.15, 0.2) is 5.88 Å². The van der Waals surface area contributed by atoms with Gasteiger partial charge in [-0.05, 0) is 25.3 Å². The van der Waals surface area contributed by atoms with Gasteiger partial charge >= 0.3 is 0 Å². The van der Waals surface area contributed by atoms with Gasteiger partial charge in [-0.3, -0.25) is 14.3 Å². The Kier molecular flexibility index (Phi) is 4.99. The van der Waals surface area contributed by atoms with E-state index in [2.05, 4.69) is 4.90 Å². The summed E-state index contributed by atoms with van der Waals surface area (Å²) >= 11 is 0. The van der Waals surface area contributed by atoms with E-state index in [4.69, 9.17) is 4.74 Å². The first-order valence-corrected chi connectivity index (χ1v) is 7.25. The molecule has 1 N–H and O–H groups in total. The maximum Gasteiger partial charge on any atom is 0.271 e. The molecule has 0 amide bonds. The number of rotatable bonds is 4. The second-order valence-corrected chi connectivity index (χ2v) is 5.31. The Bertz CT molecular complexity index is 610. The lowest BCUT2D eigenvalue weighted by Crippen LogP contribution is -2.34. The summed E-state index contributed by atoms with van der Waals surface area (Å²) in [5.41, 5.74) is 0.921. The normalized spacial score (nSPS) is 15.9. The second kappa shape index (κ2) is 6.74. The van der Waals surface area contributed by atoms with Crippen LogP contribution in [0.1, 0.15) is 36.5 Å². The molecule has 1 fully saturated rings. The summed E-state index contributed by atoms with van der Waals surface area (Å²) in [6, 6.07) is 1.97. The smallest absolute Gasteiger partial charge is 0.271 e. The van der Waals surface area contributed by atoms with E-state index >= 15 is 0 Å². The number of hydrogen-bond donors (Lipinski definition) is 1. The zero-order valence-corrected chi connectivity index (χ0v) is 12.6. The van der Waals surface area contributed by atoms with Gasteiger partial charge in [-0.25, -0.2) is 0 Å². The van der Waals surface area contributed by atoms with Gasteiger partial charge in [-0.2, -0.15) is 5.26 Å². The molecule has 1 aromatic heterocycles. The minimum absolute atomic E-state index is 0.0241. The van der Waals surface area contributed by atoms with Crippen molar-refractivity contribution >= 4 is 0 Å². The Morgan fingerprint density at radius 3 is 2.81 bits per heavy atom. The van der Waals surface area contributed by atoms with E-state index in [-0.39, 0.29) is 11.4 Å². The molecule has 0 aliphatic carbocycles. The highest BCUT2D eigenvalue weighted by Gasteiger charge is 2.21. The van der Waals surface area contributed by atoms with Crippen molar-refractivity contribution in [3.8, 4) is 11.9 Å². The molecule has 0 unspecified atom stereocenters. The first-order valence-electron chi connectivity index (χ1n) is 7.25. The summed E-state index contributed by atoms with van der Waals surface area (Å²) in [6.45, 7) is 6.67. The van der Waals surface area contributed by atoms with Crippen LogP contribution in [0, 0.1) is 18.3 Å². The van der Waals surface area contributed by atoms with Gasteiger partial charge in [0.2, 0.25) is 0 Å². The Morgan fingerprint density at radius 1 is 1.48 bits per heavy atom. The Balaban J connectivity index is 2.46. The lowest BCUT2D eigenvalue weighted by molar-refractivity contribution is -0.0181. The van der Waals surface area contributed by atoms with E-state index in [1.54, 1.807) is 6.92 Å².